The maximum atomic E-state index is 13.5. The van der Waals surface area contributed by atoms with Gasteiger partial charge in [0.05, 0.1) is 5.69 Å². The SMILES string of the molecule is Cc1ccc(/C=C2/C(=O)c3ccccc3N(C)C(=S)c3ccccc32)cc1. The Morgan fingerprint density at radius 1 is 0.815 bits per heavy atom. The molecule has 1 aliphatic heterocycles. The monoisotopic (exact) mass is 369 g/mol. The first-order valence-electron chi connectivity index (χ1n) is 8.86. The summed E-state index contributed by atoms with van der Waals surface area (Å²) in [6.45, 7) is 2.05. The van der Waals surface area contributed by atoms with Gasteiger partial charge in [0.2, 0.25) is 0 Å². The normalized spacial score (nSPS) is 15.2. The van der Waals surface area contributed by atoms with Crippen LogP contribution < -0.4 is 4.90 Å². The standard InChI is InChI=1S/C24H19NOS/c1-16-11-13-17(14-12-16)15-21-18-7-3-4-8-19(18)24(27)25(2)22-10-6-5-9-20(22)23(21)26/h3-15H,1-2H3/b21-15+. The van der Waals surface area contributed by atoms with Crippen LogP contribution in [0.2, 0.25) is 0 Å². The summed E-state index contributed by atoms with van der Waals surface area (Å²) in [5, 5.41) is 0. The van der Waals surface area contributed by atoms with Gasteiger partial charge in [0.1, 0.15) is 4.99 Å². The minimum atomic E-state index is 0.00738. The lowest BCUT2D eigenvalue weighted by Gasteiger charge is -2.27. The molecule has 0 N–H and O–H groups in total. The molecule has 0 saturated heterocycles. The van der Waals surface area contributed by atoms with Gasteiger partial charge in [-0.2, -0.15) is 0 Å². The Bertz CT molecular complexity index is 1080. The molecule has 3 aromatic rings. The van der Waals surface area contributed by atoms with Gasteiger partial charge in [-0.25, -0.2) is 0 Å². The van der Waals surface area contributed by atoms with Crippen LogP contribution >= 0.6 is 12.2 Å². The predicted octanol–water partition coefficient (Wildman–Crippen LogP) is 5.54. The number of hydrogen-bond donors (Lipinski definition) is 0. The largest absolute Gasteiger partial charge is 0.335 e. The van der Waals surface area contributed by atoms with Crippen molar-refractivity contribution in [2.24, 2.45) is 0 Å². The van der Waals surface area contributed by atoms with Gasteiger partial charge in [-0.1, -0.05) is 78.4 Å². The lowest BCUT2D eigenvalue weighted by Crippen LogP contribution is -2.30. The van der Waals surface area contributed by atoms with Crippen molar-refractivity contribution in [1.82, 2.24) is 0 Å². The highest BCUT2D eigenvalue weighted by Crippen LogP contribution is 2.34. The fourth-order valence-corrected chi connectivity index (χ4v) is 3.67. The second-order valence-electron chi connectivity index (χ2n) is 6.72. The maximum absolute atomic E-state index is 13.5. The number of allylic oxidation sites excluding steroid dienone is 1. The molecule has 4 rings (SSSR count). The molecule has 0 atom stereocenters. The zero-order valence-electron chi connectivity index (χ0n) is 15.3. The van der Waals surface area contributed by atoms with E-state index in [9.17, 15) is 4.79 Å². The number of carbonyl (C=O) groups excluding carboxylic acids is 1. The number of thiocarbonyl (C=S) groups is 1. The van der Waals surface area contributed by atoms with Gasteiger partial charge in [-0.3, -0.25) is 4.79 Å². The molecule has 0 aromatic heterocycles. The van der Waals surface area contributed by atoms with Gasteiger partial charge < -0.3 is 4.90 Å². The molecule has 0 aliphatic carbocycles. The third kappa shape index (κ3) is 3.11. The number of ketones is 1. The summed E-state index contributed by atoms with van der Waals surface area (Å²) in [7, 11) is 1.92. The molecule has 0 spiro atoms. The van der Waals surface area contributed by atoms with Gasteiger partial charge in [0.25, 0.3) is 0 Å². The summed E-state index contributed by atoms with van der Waals surface area (Å²) < 4.78 is 0. The molecule has 0 fully saturated rings. The highest BCUT2D eigenvalue weighted by Gasteiger charge is 2.27. The van der Waals surface area contributed by atoms with Crippen molar-refractivity contribution in [2.75, 3.05) is 11.9 Å². The van der Waals surface area contributed by atoms with E-state index < -0.39 is 0 Å². The summed E-state index contributed by atoms with van der Waals surface area (Å²) in [6.07, 6.45) is 1.96. The first-order chi connectivity index (χ1) is 13.1. The van der Waals surface area contributed by atoms with Crippen LogP contribution in [-0.2, 0) is 0 Å². The molecule has 1 heterocycles. The molecule has 0 saturated carbocycles. The summed E-state index contributed by atoms with van der Waals surface area (Å²) >= 11 is 5.77. The summed E-state index contributed by atoms with van der Waals surface area (Å²) in [5.41, 5.74) is 6.11. The van der Waals surface area contributed by atoms with Crippen LogP contribution in [0.25, 0.3) is 11.6 Å². The number of fused-ring (bicyclic) bond motifs is 2. The number of nitrogens with zero attached hydrogens (tertiary/aromatic N) is 1. The number of carbonyl (C=O) groups is 1. The Morgan fingerprint density at radius 2 is 1.41 bits per heavy atom. The number of Topliss-reactive ketones (excluding diaryl/α,β-unsaturated/α-hetero) is 1. The zero-order chi connectivity index (χ0) is 19.0. The highest BCUT2D eigenvalue weighted by molar-refractivity contribution is 7.81. The lowest BCUT2D eigenvalue weighted by molar-refractivity contribution is 0.105. The van der Waals surface area contributed by atoms with Gasteiger partial charge in [-0.05, 0) is 36.3 Å². The number of aryl methyl sites for hydroxylation is 1. The number of anilines is 1. The second-order valence-corrected chi connectivity index (χ2v) is 7.11. The van der Waals surface area contributed by atoms with Gasteiger partial charge >= 0.3 is 0 Å². The van der Waals surface area contributed by atoms with E-state index in [1.165, 1.54) is 5.56 Å². The third-order valence-electron chi connectivity index (χ3n) is 4.90. The lowest BCUT2D eigenvalue weighted by atomic mass is 9.88. The molecule has 0 amide bonds. The van der Waals surface area contributed by atoms with E-state index in [1.54, 1.807) is 0 Å². The Labute approximate surface area is 164 Å². The van der Waals surface area contributed by atoms with E-state index in [4.69, 9.17) is 12.2 Å². The van der Waals surface area contributed by atoms with Crippen molar-refractivity contribution in [1.29, 1.82) is 0 Å². The first kappa shape index (κ1) is 17.4. The van der Waals surface area contributed by atoms with Gasteiger partial charge in [0, 0.05) is 23.7 Å². The van der Waals surface area contributed by atoms with Crippen molar-refractivity contribution in [2.45, 2.75) is 6.92 Å². The van der Waals surface area contributed by atoms with Crippen molar-refractivity contribution in [3.63, 3.8) is 0 Å². The highest BCUT2D eigenvalue weighted by atomic mass is 32.1. The van der Waals surface area contributed by atoms with Crippen molar-refractivity contribution in [3.05, 3.63) is 101 Å². The second kappa shape index (κ2) is 6.93. The molecule has 2 nitrogen and oxygen atoms in total. The van der Waals surface area contributed by atoms with Gasteiger partial charge in [-0.15, -0.1) is 0 Å². The first-order valence-corrected chi connectivity index (χ1v) is 9.26. The maximum Gasteiger partial charge on any atom is 0.195 e. The van der Waals surface area contributed by atoms with Crippen molar-refractivity contribution in [3.8, 4) is 0 Å². The van der Waals surface area contributed by atoms with Gasteiger partial charge in [0.15, 0.2) is 5.78 Å². The van der Waals surface area contributed by atoms with E-state index in [-0.39, 0.29) is 5.78 Å². The Hall–Kier alpha value is -3.04. The van der Waals surface area contributed by atoms with E-state index in [0.717, 1.165) is 22.4 Å². The van der Waals surface area contributed by atoms with E-state index in [1.807, 2.05) is 78.7 Å². The van der Waals surface area contributed by atoms with Crippen LogP contribution in [0.15, 0.2) is 72.8 Å². The van der Waals surface area contributed by atoms with Crippen LogP contribution in [0.1, 0.15) is 32.6 Å². The minimum absolute atomic E-state index is 0.00738. The average Bonchev–Trinajstić information content (AvgIpc) is 2.71. The topological polar surface area (TPSA) is 20.3 Å². The van der Waals surface area contributed by atoms with Crippen LogP contribution in [0.5, 0.6) is 0 Å². The van der Waals surface area contributed by atoms with Crippen LogP contribution in [0.3, 0.4) is 0 Å². The fourth-order valence-electron chi connectivity index (χ4n) is 3.39. The van der Waals surface area contributed by atoms with Crippen LogP contribution in [-0.4, -0.2) is 17.8 Å². The molecular weight excluding hydrogens is 350 g/mol. The number of hydrogen-bond acceptors (Lipinski definition) is 2. The Kier molecular flexibility index (Phi) is 4.46. The molecule has 0 radical (unpaired) electrons. The minimum Gasteiger partial charge on any atom is -0.335 e. The number of rotatable bonds is 1. The quantitative estimate of drug-likeness (QED) is 0.415. The molecule has 3 aromatic carbocycles. The smallest absolute Gasteiger partial charge is 0.195 e. The van der Waals surface area contributed by atoms with Crippen molar-refractivity contribution < 1.29 is 4.79 Å². The van der Waals surface area contributed by atoms with E-state index in [2.05, 4.69) is 19.1 Å². The molecule has 0 unspecified atom stereocenters. The summed E-state index contributed by atoms with van der Waals surface area (Å²) in [5.74, 6) is 0.00738. The van der Waals surface area contributed by atoms with Crippen molar-refractivity contribution >= 4 is 40.3 Å². The average molecular weight is 369 g/mol. The molecular formula is C24H19NOS. The van der Waals surface area contributed by atoms with Crippen LogP contribution in [0, 0.1) is 6.92 Å². The predicted molar refractivity (Wildman–Crippen MR) is 116 cm³/mol. The van der Waals surface area contributed by atoms with E-state index in [0.29, 0.717) is 16.1 Å². The number of benzene rings is 3. The summed E-state index contributed by atoms with van der Waals surface area (Å²) in [6, 6.07) is 23.7. The van der Waals surface area contributed by atoms with E-state index >= 15 is 0 Å². The number of para-hydroxylation sites is 1. The zero-order valence-corrected chi connectivity index (χ0v) is 16.1. The molecule has 132 valence electrons. The Morgan fingerprint density at radius 3 is 2.11 bits per heavy atom. The Balaban J connectivity index is 2.00. The molecule has 27 heavy (non-hydrogen) atoms. The molecule has 3 heteroatoms. The third-order valence-corrected chi connectivity index (χ3v) is 5.39. The fraction of sp³-hybridized carbons (Fsp3) is 0.0833. The molecule has 0 bridgehead atoms. The molecule has 1 aliphatic rings. The summed E-state index contributed by atoms with van der Waals surface area (Å²) in [4.78, 5) is 16.2. The van der Waals surface area contributed by atoms with Crippen LogP contribution in [0.4, 0.5) is 5.69 Å².